The number of hydrogen-bond donors (Lipinski definition) is 0. The molecule has 0 saturated heterocycles. The highest BCUT2D eigenvalue weighted by Gasteiger charge is 2.47. The van der Waals surface area contributed by atoms with Gasteiger partial charge in [-0.3, -0.25) is 0 Å². The number of rotatable bonds is 4. The van der Waals surface area contributed by atoms with Crippen molar-refractivity contribution in [1.82, 2.24) is 0 Å². The van der Waals surface area contributed by atoms with E-state index in [0.29, 0.717) is 0 Å². The SMILES string of the molecule is c1ccc(C2(c3cccc4ccccc34)c3cc(-c4cc5cccc6ccc7cccc4c7c65)ccc3-c3ccc(-c4cc5cccc6ccc7cccc4c7c65)cc32)cc1. The van der Waals surface area contributed by atoms with Gasteiger partial charge in [0, 0.05) is 0 Å². The molecule has 13 aromatic carbocycles. The van der Waals surface area contributed by atoms with E-state index in [1.54, 1.807) is 0 Å². The Bertz CT molecular complexity index is 3720. The zero-order chi connectivity index (χ0) is 39.8. The zero-order valence-corrected chi connectivity index (χ0v) is 33.3. The predicted octanol–water partition coefficient (Wildman–Crippen LogP) is 16.3. The maximum absolute atomic E-state index is 2.54. The highest BCUT2D eigenvalue weighted by molar-refractivity contribution is 6.27. The second-order valence-electron chi connectivity index (χ2n) is 17.1. The second kappa shape index (κ2) is 12.1. The van der Waals surface area contributed by atoms with E-state index < -0.39 is 5.41 Å². The van der Waals surface area contributed by atoms with Crippen LogP contribution in [0.2, 0.25) is 0 Å². The van der Waals surface area contributed by atoms with E-state index in [9.17, 15) is 0 Å². The lowest BCUT2D eigenvalue weighted by Crippen LogP contribution is -2.29. The molecule has 0 aromatic heterocycles. The van der Waals surface area contributed by atoms with E-state index >= 15 is 0 Å². The molecule has 14 rings (SSSR count). The summed E-state index contributed by atoms with van der Waals surface area (Å²) in [6.45, 7) is 0. The fraction of sp³-hybridized carbons (Fsp3) is 0.0164. The molecule has 0 atom stereocenters. The normalized spacial score (nSPS) is 13.4. The Morgan fingerprint density at radius 2 is 0.656 bits per heavy atom. The molecule has 0 N–H and O–H groups in total. The smallest absolute Gasteiger partial charge is 0.0622 e. The summed E-state index contributed by atoms with van der Waals surface area (Å²) in [7, 11) is 0. The third-order valence-corrected chi connectivity index (χ3v) is 14.2. The lowest BCUT2D eigenvalue weighted by atomic mass is 9.66. The zero-order valence-electron chi connectivity index (χ0n) is 33.3. The van der Waals surface area contributed by atoms with E-state index in [1.165, 1.54) is 131 Å². The van der Waals surface area contributed by atoms with Gasteiger partial charge in [0.25, 0.3) is 0 Å². The molecule has 61 heavy (non-hydrogen) atoms. The van der Waals surface area contributed by atoms with Crippen molar-refractivity contribution < 1.29 is 0 Å². The molecule has 1 aliphatic rings. The van der Waals surface area contributed by atoms with Crippen molar-refractivity contribution in [3.8, 4) is 33.4 Å². The molecular formula is C61H36. The topological polar surface area (TPSA) is 0 Å². The van der Waals surface area contributed by atoms with Gasteiger partial charge < -0.3 is 0 Å². The Morgan fingerprint density at radius 1 is 0.230 bits per heavy atom. The second-order valence-corrected chi connectivity index (χ2v) is 17.1. The maximum Gasteiger partial charge on any atom is 0.0719 e. The van der Waals surface area contributed by atoms with Crippen LogP contribution in [-0.4, -0.2) is 0 Å². The molecule has 0 heteroatoms. The van der Waals surface area contributed by atoms with Gasteiger partial charge in [-0.15, -0.1) is 0 Å². The van der Waals surface area contributed by atoms with E-state index in [0.717, 1.165) is 0 Å². The molecule has 0 aliphatic heterocycles. The number of benzene rings is 13. The predicted molar refractivity (Wildman–Crippen MR) is 260 cm³/mol. The Kier molecular flexibility index (Phi) is 6.58. The summed E-state index contributed by atoms with van der Waals surface area (Å²) in [6.07, 6.45) is 0. The van der Waals surface area contributed by atoms with Crippen LogP contribution in [0.15, 0.2) is 218 Å². The summed E-state index contributed by atoms with van der Waals surface area (Å²) in [5.41, 5.74) is 12.2. The molecule has 0 amide bonds. The number of fused-ring (bicyclic) bond motifs is 4. The Hall–Kier alpha value is -7.80. The van der Waals surface area contributed by atoms with Crippen molar-refractivity contribution in [2.75, 3.05) is 0 Å². The van der Waals surface area contributed by atoms with Crippen LogP contribution in [0.5, 0.6) is 0 Å². The van der Waals surface area contributed by atoms with Crippen molar-refractivity contribution in [1.29, 1.82) is 0 Å². The average molecular weight is 769 g/mol. The lowest BCUT2D eigenvalue weighted by molar-refractivity contribution is 0.777. The summed E-state index contributed by atoms with van der Waals surface area (Å²) in [5, 5.41) is 18.2. The standard InChI is InChI=1S/C61H36/c1-2-19-46(20-3-1)61(54-24-10-12-37-11-4-5-21-47(37)54)55-35-42(52-33-44-17-6-13-38-25-27-40-15-8-22-50(52)59(40)57(38)44)29-31-48(55)49-32-30-43(36-56(49)61)53-34-45-18-7-14-39-26-28-41-16-9-23-51(53)60(41)58(39)45/h1-36H. The highest BCUT2D eigenvalue weighted by Crippen LogP contribution is 2.59. The number of hydrogen-bond acceptors (Lipinski definition) is 0. The van der Waals surface area contributed by atoms with E-state index in [2.05, 4.69) is 218 Å². The molecule has 0 heterocycles. The van der Waals surface area contributed by atoms with Crippen LogP contribution in [0.4, 0.5) is 0 Å². The van der Waals surface area contributed by atoms with Gasteiger partial charge in [0.1, 0.15) is 0 Å². The quantitative estimate of drug-likeness (QED) is 0.156. The van der Waals surface area contributed by atoms with Crippen LogP contribution in [-0.2, 0) is 5.41 Å². The van der Waals surface area contributed by atoms with Crippen molar-refractivity contribution in [2.24, 2.45) is 0 Å². The minimum absolute atomic E-state index is 0.614. The van der Waals surface area contributed by atoms with Gasteiger partial charge in [-0.25, -0.2) is 0 Å². The van der Waals surface area contributed by atoms with Gasteiger partial charge in [-0.2, -0.15) is 0 Å². The van der Waals surface area contributed by atoms with Crippen molar-refractivity contribution in [2.45, 2.75) is 5.41 Å². The van der Waals surface area contributed by atoms with Crippen LogP contribution in [0.1, 0.15) is 22.3 Å². The molecule has 0 saturated carbocycles. The van der Waals surface area contributed by atoms with Gasteiger partial charge in [0.2, 0.25) is 0 Å². The largest absolute Gasteiger partial charge is 0.0719 e. The van der Waals surface area contributed by atoms with Crippen LogP contribution < -0.4 is 0 Å². The van der Waals surface area contributed by atoms with E-state index in [-0.39, 0.29) is 0 Å². The van der Waals surface area contributed by atoms with Crippen LogP contribution in [0, 0.1) is 0 Å². The Morgan fingerprint density at radius 3 is 1.23 bits per heavy atom. The van der Waals surface area contributed by atoms with Gasteiger partial charge in [-0.1, -0.05) is 194 Å². The molecule has 0 nitrogen and oxygen atoms in total. The van der Waals surface area contributed by atoms with Gasteiger partial charge in [-0.05, 0) is 155 Å². The molecule has 13 aromatic rings. The summed E-state index contributed by atoms with van der Waals surface area (Å²) in [5.74, 6) is 0. The van der Waals surface area contributed by atoms with E-state index in [4.69, 9.17) is 0 Å². The summed E-state index contributed by atoms with van der Waals surface area (Å²) in [6, 6.07) is 82.9. The van der Waals surface area contributed by atoms with Crippen molar-refractivity contribution >= 4 is 75.4 Å². The average Bonchev–Trinajstić information content (AvgIpc) is 3.62. The van der Waals surface area contributed by atoms with Gasteiger partial charge >= 0.3 is 0 Å². The molecule has 280 valence electrons. The van der Waals surface area contributed by atoms with Crippen molar-refractivity contribution in [3.05, 3.63) is 241 Å². The van der Waals surface area contributed by atoms with Crippen LogP contribution >= 0.6 is 0 Å². The Balaban J connectivity index is 1.10. The minimum Gasteiger partial charge on any atom is -0.0622 e. The molecule has 0 spiro atoms. The third-order valence-electron chi connectivity index (χ3n) is 14.2. The lowest BCUT2D eigenvalue weighted by Gasteiger charge is -2.35. The van der Waals surface area contributed by atoms with Crippen LogP contribution in [0.3, 0.4) is 0 Å². The monoisotopic (exact) mass is 768 g/mol. The summed E-state index contributed by atoms with van der Waals surface area (Å²) in [4.78, 5) is 0. The van der Waals surface area contributed by atoms with Crippen LogP contribution in [0.25, 0.3) is 109 Å². The van der Waals surface area contributed by atoms with Crippen molar-refractivity contribution in [3.63, 3.8) is 0 Å². The maximum atomic E-state index is 2.54. The minimum atomic E-state index is -0.614. The highest BCUT2D eigenvalue weighted by atomic mass is 14.5. The van der Waals surface area contributed by atoms with E-state index in [1.807, 2.05) is 0 Å². The molecule has 1 aliphatic carbocycles. The first-order chi connectivity index (χ1) is 30.2. The Labute approximate surface area is 353 Å². The molecule has 0 unspecified atom stereocenters. The first-order valence-corrected chi connectivity index (χ1v) is 21.4. The molecule has 0 radical (unpaired) electrons. The molecule has 0 fully saturated rings. The molecule has 0 bridgehead atoms. The van der Waals surface area contributed by atoms with Gasteiger partial charge in [0.05, 0.1) is 5.41 Å². The third kappa shape index (κ3) is 4.39. The fourth-order valence-electron chi connectivity index (χ4n) is 11.7. The summed E-state index contributed by atoms with van der Waals surface area (Å²) >= 11 is 0. The first kappa shape index (κ1) is 33.1. The summed E-state index contributed by atoms with van der Waals surface area (Å²) < 4.78 is 0. The van der Waals surface area contributed by atoms with Gasteiger partial charge in [0.15, 0.2) is 0 Å². The molecular weight excluding hydrogens is 733 g/mol. The fourth-order valence-corrected chi connectivity index (χ4v) is 11.7. The first-order valence-electron chi connectivity index (χ1n) is 21.4.